The van der Waals surface area contributed by atoms with E-state index in [1.165, 1.54) is 0 Å². The fourth-order valence-electron chi connectivity index (χ4n) is 3.15. The highest BCUT2D eigenvalue weighted by Gasteiger charge is 2.40. The molecule has 106 valence electrons. The second-order valence-electron chi connectivity index (χ2n) is 5.89. The molecule has 2 heterocycles. The molecule has 1 aliphatic rings. The summed E-state index contributed by atoms with van der Waals surface area (Å²) in [4.78, 5) is 23.6. The Labute approximate surface area is 117 Å². The molecule has 0 spiro atoms. The third-order valence-corrected chi connectivity index (χ3v) is 4.29. The highest BCUT2D eigenvalue weighted by Crippen LogP contribution is 2.39. The number of hydrogen-bond acceptors (Lipinski definition) is 3. The van der Waals surface area contributed by atoms with E-state index in [9.17, 15) is 9.90 Å². The van der Waals surface area contributed by atoms with Crippen LogP contribution >= 0.6 is 0 Å². The number of fused-ring (bicyclic) bond motifs is 1. The smallest absolute Gasteiger partial charge is 0.310 e. The van der Waals surface area contributed by atoms with Crippen LogP contribution in [0.4, 0.5) is 0 Å². The molecule has 2 aromatic rings. The van der Waals surface area contributed by atoms with Gasteiger partial charge in [-0.25, -0.2) is 9.97 Å². The molecule has 0 bridgehead atoms. The van der Waals surface area contributed by atoms with Crippen molar-refractivity contribution < 1.29 is 9.90 Å². The van der Waals surface area contributed by atoms with Crippen LogP contribution in [0.3, 0.4) is 0 Å². The zero-order chi connectivity index (χ0) is 14.2. The number of nitrogens with one attached hydrogen (secondary N) is 1. The molecule has 5 nitrogen and oxygen atoms in total. The zero-order valence-electron chi connectivity index (χ0n) is 11.6. The van der Waals surface area contributed by atoms with Crippen LogP contribution in [0.25, 0.3) is 11.2 Å². The van der Waals surface area contributed by atoms with Crippen molar-refractivity contribution in [3.8, 4) is 0 Å². The van der Waals surface area contributed by atoms with Crippen molar-refractivity contribution in [2.45, 2.75) is 45.4 Å². The molecule has 0 unspecified atom stereocenters. The lowest BCUT2D eigenvalue weighted by Crippen LogP contribution is -2.35. The van der Waals surface area contributed by atoms with Crippen molar-refractivity contribution in [2.24, 2.45) is 5.41 Å². The molecule has 0 aromatic carbocycles. The second-order valence-corrected chi connectivity index (χ2v) is 5.89. The Morgan fingerprint density at radius 3 is 2.85 bits per heavy atom. The van der Waals surface area contributed by atoms with Crippen LogP contribution in [0.2, 0.25) is 0 Å². The third-order valence-electron chi connectivity index (χ3n) is 4.29. The van der Waals surface area contributed by atoms with E-state index in [0.717, 1.165) is 49.0 Å². The first-order valence-electron chi connectivity index (χ1n) is 7.14. The number of aromatic nitrogens is 3. The monoisotopic (exact) mass is 273 g/mol. The lowest BCUT2D eigenvalue weighted by Gasteiger charge is -2.32. The van der Waals surface area contributed by atoms with Gasteiger partial charge in [-0.15, -0.1) is 0 Å². The first-order valence-corrected chi connectivity index (χ1v) is 7.14. The molecular formula is C15H19N3O2. The maximum Gasteiger partial charge on any atom is 0.310 e. The van der Waals surface area contributed by atoms with Gasteiger partial charge >= 0.3 is 5.97 Å². The maximum atomic E-state index is 11.7. The number of imidazole rings is 1. The predicted molar refractivity (Wildman–Crippen MR) is 75.5 cm³/mol. The number of carboxylic acid groups (broad SMARTS) is 1. The van der Waals surface area contributed by atoms with Crippen molar-refractivity contribution in [3.63, 3.8) is 0 Å². The van der Waals surface area contributed by atoms with Crippen molar-refractivity contribution in [1.82, 2.24) is 15.0 Å². The van der Waals surface area contributed by atoms with Crippen molar-refractivity contribution in [2.75, 3.05) is 0 Å². The minimum Gasteiger partial charge on any atom is -0.481 e. The van der Waals surface area contributed by atoms with E-state index in [1.54, 1.807) is 6.20 Å². The van der Waals surface area contributed by atoms with E-state index in [4.69, 9.17) is 0 Å². The number of nitrogens with zero attached hydrogens (tertiary/aromatic N) is 2. The summed E-state index contributed by atoms with van der Waals surface area (Å²) in [5, 5.41) is 9.61. The Hall–Kier alpha value is -1.91. The number of carboxylic acids is 1. The number of H-pyrrole nitrogens is 1. The summed E-state index contributed by atoms with van der Waals surface area (Å²) in [6, 6.07) is 1.99. The fourth-order valence-corrected chi connectivity index (χ4v) is 3.15. The van der Waals surface area contributed by atoms with E-state index < -0.39 is 11.4 Å². The Morgan fingerprint density at radius 2 is 2.15 bits per heavy atom. The normalized spacial score (nSPS) is 18.2. The lowest BCUT2D eigenvalue weighted by atomic mass is 9.72. The molecule has 0 amide bonds. The quantitative estimate of drug-likeness (QED) is 0.901. The summed E-state index contributed by atoms with van der Waals surface area (Å²) in [6.07, 6.45) is 6.85. The van der Waals surface area contributed by atoms with Gasteiger partial charge in [0.2, 0.25) is 0 Å². The van der Waals surface area contributed by atoms with Crippen LogP contribution in [0, 0.1) is 12.3 Å². The topological polar surface area (TPSA) is 78.9 Å². The number of pyridine rings is 1. The van der Waals surface area contributed by atoms with Gasteiger partial charge in [0.25, 0.3) is 0 Å². The van der Waals surface area contributed by atoms with E-state index in [-0.39, 0.29) is 0 Å². The van der Waals surface area contributed by atoms with Gasteiger partial charge < -0.3 is 10.1 Å². The van der Waals surface area contributed by atoms with Gasteiger partial charge in [0, 0.05) is 12.6 Å². The predicted octanol–water partition coefficient (Wildman–Crippen LogP) is 2.84. The number of aliphatic carboxylic acids is 1. The number of carbonyl (C=O) groups is 1. The van der Waals surface area contributed by atoms with Gasteiger partial charge in [-0.3, -0.25) is 4.79 Å². The Balaban J connectivity index is 1.92. The number of rotatable bonds is 3. The first-order chi connectivity index (χ1) is 9.59. The summed E-state index contributed by atoms with van der Waals surface area (Å²) < 4.78 is 0. The zero-order valence-corrected chi connectivity index (χ0v) is 11.6. The van der Waals surface area contributed by atoms with Crippen LogP contribution in [0.1, 0.15) is 43.5 Å². The summed E-state index contributed by atoms with van der Waals surface area (Å²) in [5.74, 6) is 0.0456. The highest BCUT2D eigenvalue weighted by molar-refractivity contribution is 5.76. The van der Waals surface area contributed by atoms with Crippen molar-refractivity contribution >= 4 is 17.1 Å². The SMILES string of the molecule is Cc1cnc2nc(CC3(C(=O)O)CCCCC3)[nH]c2c1. The fraction of sp³-hybridized carbons (Fsp3) is 0.533. The summed E-state index contributed by atoms with van der Waals surface area (Å²) in [7, 11) is 0. The van der Waals surface area contributed by atoms with Crippen LogP contribution in [-0.4, -0.2) is 26.0 Å². The molecule has 0 aliphatic heterocycles. The van der Waals surface area contributed by atoms with Crippen molar-refractivity contribution in [3.05, 3.63) is 23.7 Å². The molecule has 0 saturated heterocycles. The molecule has 0 radical (unpaired) electrons. The summed E-state index contributed by atoms with van der Waals surface area (Å²) in [5.41, 5.74) is 1.97. The largest absolute Gasteiger partial charge is 0.481 e. The number of aryl methyl sites for hydroxylation is 1. The molecule has 2 N–H and O–H groups in total. The van der Waals surface area contributed by atoms with E-state index in [0.29, 0.717) is 12.1 Å². The van der Waals surface area contributed by atoms with Gasteiger partial charge in [0.15, 0.2) is 5.65 Å². The van der Waals surface area contributed by atoms with E-state index >= 15 is 0 Å². The Bertz CT molecular complexity index is 642. The van der Waals surface area contributed by atoms with Gasteiger partial charge in [0.1, 0.15) is 5.82 Å². The maximum absolute atomic E-state index is 11.7. The molecule has 2 aromatic heterocycles. The standard InChI is InChI=1S/C15H19N3O2/c1-10-7-11-13(16-9-10)18-12(17-11)8-15(14(19)20)5-3-2-4-6-15/h7,9H,2-6,8H2,1H3,(H,19,20)(H,16,17,18). The lowest BCUT2D eigenvalue weighted by molar-refractivity contribution is -0.151. The van der Waals surface area contributed by atoms with Crippen molar-refractivity contribution in [1.29, 1.82) is 0 Å². The van der Waals surface area contributed by atoms with Gasteiger partial charge in [-0.2, -0.15) is 0 Å². The molecule has 3 rings (SSSR count). The van der Waals surface area contributed by atoms with Crippen LogP contribution in [0.5, 0.6) is 0 Å². The van der Waals surface area contributed by atoms with Gasteiger partial charge in [-0.1, -0.05) is 19.3 Å². The molecule has 1 saturated carbocycles. The summed E-state index contributed by atoms with van der Waals surface area (Å²) in [6.45, 7) is 1.98. The highest BCUT2D eigenvalue weighted by atomic mass is 16.4. The van der Waals surface area contributed by atoms with E-state index in [1.807, 2.05) is 13.0 Å². The third kappa shape index (κ3) is 2.28. The van der Waals surface area contributed by atoms with Crippen LogP contribution < -0.4 is 0 Å². The molecular weight excluding hydrogens is 254 g/mol. The van der Waals surface area contributed by atoms with Gasteiger partial charge in [-0.05, 0) is 31.4 Å². The van der Waals surface area contributed by atoms with E-state index in [2.05, 4.69) is 15.0 Å². The average Bonchev–Trinajstić information content (AvgIpc) is 2.80. The van der Waals surface area contributed by atoms with Crippen LogP contribution in [-0.2, 0) is 11.2 Å². The van der Waals surface area contributed by atoms with Gasteiger partial charge in [0.05, 0.1) is 10.9 Å². The Morgan fingerprint density at radius 1 is 1.40 bits per heavy atom. The molecule has 1 aliphatic carbocycles. The Kier molecular flexibility index (Phi) is 3.20. The molecule has 5 heteroatoms. The first kappa shape index (κ1) is 13.1. The number of aromatic amines is 1. The minimum absolute atomic E-state index is 0.470. The number of hydrogen-bond donors (Lipinski definition) is 2. The molecule has 20 heavy (non-hydrogen) atoms. The summed E-state index contributed by atoms with van der Waals surface area (Å²) >= 11 is 0. The second kappa shape index (κ2) is 4.89. The average molecular weight is 273 g/mol. The molecule has 1 fully saturated rings. The minimum atomic E-state index is -0.693. The molecule has 0 atom stereocenters. The van der Waals surface area contributed by atoms with Crippen LogP contribution in [0.15, 0.2) is 12.3 Å².